The smallest absolute Gasteiger partial charge is 0.444 e. The van der Waals surface area contributed by atoms with Gasteiger partial charge in [-0.2, -0.15) is 23.1 Å². The SMILES string of the molecule is CC(C)(C)OC(=O)N[C@@H]1CCc2cc(-c3nc(C(F)F)no3)ccc21.N[C@@H]1CCc2cc(-c3nc(C(F)F)no3)ccc21.O=CC(F)(F)F.[2H]CC. The number of nitrogens with zero attached hydrogens (tertiary/aromatic N) is 4. The second kappa shape index (κ2) is 17.4. The lowest BCUT2D eigenvalue weighted by atomic mass is 10.0. The third-order valence-corrected chi connectivity index (χ3v) is 7.08. The summed E-state index contributed by atoms with van der Waals surface area (Å²) in [6, 6.07) is 10.9. The molecule has 18 heteroatoms. The van der Waals surface area contributed by atoms with E-state index in [1.165, 1.54) is 0 Å². The molecule has 0 radical (unpaired) electrons. The van der Waals surface area contributed by atoms with E-state index in [0.717, 1.165) is 47.9 Å². The summed E-state index contributed by atoms with van der Waals surface area (Å²) in [4.78, 5) is 28.0. The number of alkyl halides is 7. The van der Waals surface area contributed by atoms with Crippen LogP contribution in [0, 0.1) is 0 Å². The average molecular weight is 732 g/mol. The molecular formula is C33H37F7N6O5. The predicted molar refractivity (Wildman–Crippen MR) is 169 cm³/mol. The summed E-state index contributed by atoms with van der Waals surface area (Å²) in [7, 11) is 0. The molecule has 0 saturated carbocycles. The Kier molecular flexibility index (Phi) is 13.3. The summed E-state index contributed by atoms with van der Waals surface area (Å²) in [5, 5.41) is 9.36. The maximum atomic E-state index is 12.6. The van der Waals surface area contributed by atoms with Gasteiger partial charge >= 0.3 is 25.1 Å². The molecule has 2 heterocycles. The third kappa shape index (κ3) is 11.6. The zero-order chi connectivity index (χ0) is 38.8. The molecule has 2 aliphatic carbocycles. The number of rotatable bonds is 5. The van der Waals surface area contributed by atoms with Crippen LogP contribution in [0.4, 0.5) is 35.5 Å². The maximum Gasteiger partial charge on any atom is 0.446 e. The number of ether oxygens (including phenoxy) is 1. The van der Waals surface area contributed by atoms with Gasteiger partial charge < -0.3 is 24.8 Å². The summed E-state index contributed by atoms with van der Waals surface area (Å²) in [6.07, 6.45) is -8.37. The van der Waals surface area contributed by atoms with Crippen molar-refractivity contribution >= 4 is 12.4 Å². The molecule has 0 spiro atoms. The number of hydrogen-bond donors (Lipinski definition) is 2. The second-order valence-corrected chi connectivity index (χ2v) is 11.9. The highest BCUT2D eigenvalue weighted by Gasteiger charge is 2.28. The number of fused-ring (bicyclic) bond motifs is 2. The van der Waals surface area contributed by atoms with Crippen molar-refractivity contribution in [1.29, 1.82) is 0 Å². The zero-order valence-electron chi connectivity index (χ0n) is 28.9. The number of benzene rings is 2. The number of aryl methyl sites for hydroxylation is 2. The van der Waals surface area contributed by atoms with Crippen LogP contribution in [0.15, 0.2) is 45.4 Å². The van der Waals surface area contributed by atoms with Crippen LogP contribution in [-0.4, -0.2) is 44.4 Å². The van der Waals surface area contributed by atoms with Crippen molar-refractivity contribution in [3.05, 3.63) is 70.3 Å². The number of carbonyl (C=O) groups excluding carboxylic acids is 2. The number of hydrogen-bond acceptors (Lipinski definition) is 10. The quantitative estimate of drug-likeness (QED) is 0.150. The highest BCUT2D eigenvalue weighted by Crippen LogP contribution is 2.35. The van der Waals surface area contributed by atoms with Crippen molar-refractivity contribution in [3.63, 3.8) is 0 Å². The van der Waals surface area contributed by atoms with E-state index in [-0.39, 0.29) is 23.9 Å². The van der Waals surface area contributed by atoms with Crippen LogP contribution >= 0.6 is 0 Å². The van der Waals surface area contributed by atoms with Crippen molar-refractivity contribution in [3.8, 4) is 22.9 Å². The van der Waals surface area contributed by atoms with Gasteiger partial charge in [0, 0.05) is 18.5 Å². The summed E-state index contributed by atoms with van der Waals surface area (Å²) < 4.78 is 102. The van der Waals surface area contributed by atoms with Crippen LogP contribution in [0.25, 0.3) is 22.9 Å². The van der Waals surface area contributed by atoms with Crippen molar-refractivity contribution in [2.24, 2.45) is 5.73 Å². The highest BCUT2D eigenvalue weighted by molar-refractivity contribution is 5.69. The van der Waals surface area contributed by atoms with Gasteiger partial charge in [0.2, 0.25) is 17.9 Å². The third-order valence-electron chi connectivity index (χ3n) is 7.08. The van der Waals surface area contributed by atoms with Gasteiger partial charge in [-0.25, -0.2) is 22.4 Å². The zero-order valence-corrected chi connectivity index (χ0v) is 27.9. The Morgan fingerprint density at radius 3 is 1.80 bits per heavy atom. The van der Waals surface area contributed by atoms with Crippen LogP contribution in [0.1, 0.15) is 108 Å². The number of carbonyl (C=O) groups is 2. The Bertz CT molecular complexity index is 1780. The number of amides is 1. The Labute approximate surface area is 289 Å². The van der Waals surface area contributed by atoms with Crippen LogP contribution in [0.3, 0.4) is 0 Å². The van der Waals surface area contributed by atoms with Crippen molar-refractivity contribution < 1.29 is 55.5 Å². The van der Waals surface area contributed by atoms with Gasteiger partial charge in [-0.1, -0.05) is 36.3 Å². The molecule has 4 aromatic rings. The lowest BCUT2D eigenvalue weighted by Crippen LogP contribution is -2.34. The Balaban J connectivity index is 0.000000235. The van der Waals surface area contributed by atoms with E-state index in [9.17, 15) is 35.5 Å². The molecule has 0 fully saturated rings. The minimum atomic E-state index is -4.64. The van der Waals surface area contributed by atoms with Crippen molar-refractivity contribution in [1.82, 2.24) is 25.6 Å². The number of halogens is 7. The molecule has 2 atom stereocenters. The normalized spacial score (nSPS) is 16.4. The lowest BCUT2D eigenvalue weighted by molar-refractivity contribution is -0.156. The van der Waals surface area contributed by atoms with Crippen LogP contribution in [-0.2, 0) is 22.4 Å². The van der Waals surface area contributed by atoms with E-state index in [1.807, 2.05) is 24.3 Å². The van der Waals surface area contributed by atoms with Gasteiger partial charge in [-0.3, -0.25) is 4.79 Å². The van der Waals surface area contributed by atoms with E-state index in [2.05, 4.69) is 25.6 Å². The minimum Gasteiger partial charge on any atom is -0.444 e. The molecule has 11 nitrogen and oxygen atoms in total. The number of nitrogens with one attached hydrogen (secondary N) is 1. The molecule has 51 heavy (non-hydrogen) atoms. The van der Waals surface area contributed by atoms with E-state index in [1.54, 1.807) is 39.8 Å². The molecule has 2 aromatic carbocycles. The number of alkyl carbamates (subject to hydrolysis) is 1. The summed E-state index contributed by atoms with van der Waals surface area (Å²) in [5.41, 5.74) is 10.8. The first kappa shape index (κ1) is 38.9. The fourth-order valence-corrected chi connectivity index (χ4v) is 5.02. The number of aromatic nitrogens is 4. The van der Waals surface area contributed by atoms with E-state index < -0.39 is 48.7 Å². The first-order valence-electron chi connectivity index (χ1n) is 16.1. The molecule has 6 rings (SSSR count). The Morgan fingerprint density at radius 1 is 0.922 bits per heavy atom. The first-order chi connectivity index (χ1) is 24.3. The van der Waals surface area contributed by atoms with Crippen LogP contribution < -0.4 is 11.1 Å². The first-order valence-corrected chi connectivity index (χ1v) is 15.4. The van der Waals surface area contributed by atoms with Gasteiger partial charge in [0.25, 0.3) is 11.8 Å². The van der Waals surface area contributed by atoms with E-state index in [4.69, 9.17) is 25.7 Å². The molecule has 278 valence electrons. The Hall–Kier alpha value is -4.87. The second-order valence-electron chi connectivity index (χ2n) is 11.9. The standard InChI is InChI=1S/C17H19F2N3O3.C12H11F2N3O.C2HF3O.C2H6/c1-17(2,3)24-16(23)20-12-7-5-9-8-10(4-6-11(9)12)15-21-14(13(18)19)22-25-15;13-10(14)11-16-12(18-17-11)7-1-3-8-6(5-7)2-4-9(8)15;3-2(4,5)1-6;1-2/h4,6,8,12-13H,5,7H2,1-3H3,(H,20,23);1,3,5,9-10H,2,4,15H2;1H;1-2H3/t12-;9-;;/m11../s1/i;;;1D. The fraction of sp³-hybridized carbons (Fsp3) is 0.455. The fourth-order valence-electron chi connectivity index (χ4n) is 5.02. The molecule has 0 aliphatic heterocycles. The topological polar surface area (TPSA) is 159 Å². The lowest BCUT2D eigenvalue weighted by Gasteiger charge is -2.22. The molecule has 0 unspecified atom stereocenters. The maximum absolute atomic E-state index is 12.6. The summed E-state index contributed by atoms with van der Waals surface area (Å²) in [5.74, 6) is -1.03. The average Bonchev–Trinajstić information content (AvgIpc) is 3.88. The summed E-state index contributed by atoms with van der Waals surface area (Å²) >= 11 is 0. The van der Waals surface area contributed by atoms with Crippen LogP contribution in [0.5, 0.6) is 0 Å². The minimum absolute atomic E-state index is 0.0571. The van der Waals surface area contributed by atoms with E-state index >= 15 is 0 Å². The number of nitrogens with two attached hydrogens (primary N) is 1. The predicted octanol–water partition coefficient (Wildman–Crippen LogP) is 8.58. The van der Waals surface area contributed by atoms with Crippen molar-refractivity contribution in [2.75, 3.05) is 0 Å². The van der Waals surface area contributed by atoms with Gasteiger partial charge in [-0.05, 0) is 93.0 Å². The van der Waals surface area contributed by atoms with E-state index in [0.29, 0.717) is 18.0 Å². The number of aldehydes is 1. The molecule has 3 N–H and O–H groups in total. The largest absolute Gasteiger partial charge is 0.446 e. The van der Waals surface area contributed by atoms with Crippen LogP contribution in [0.2, 0.25) is 0 Å². The molecule has 0 bridgehead atoms. The van der Waals surface area contributed by atoms with Gasteiger partial charge in [0.1, 0.15) is 5.60 Å². The van der Waals surface area contributed by atoms with Gasteiger partial charge in [0.15, 0.2) is 0 Å². The molecule has 0 saturated heterocycles. The van der Waals surface area contributed by atoms with Crippen molar-refractivity contribution in [2.45, 2.75) is 97.0 Å². The summed E-state index contributed by atoms with van der Waals surface area (Å²) in [6.45, 7) is 7.71. The Morgan fingerprint density at radius 2 is 1.37 bits per heavy atom. The van der Waals surface area contributed by atoms with Gasteiger partial charge in [-0.15, -0.1) is 0 Å². The molecule has 2 aromatic heterocycles. The highest BCUT2D eigenvalue weighted by atomic mass is 19.4. The van der Waals surface area contributed by atoms with Gasteiger partial charge in [0.05, 0.1) is 6.04 Å². The molecule has 2 aliphatic rings. The molecular weight excluding hydrogens is 693 g/mol. The molecule has 1 amide bonds. The monoisotopic (exact) mass is 731 g/mol.